The first kappa shape index (κ1) is 13.5. The molecule has 0 atom stereocenters. The van der Waals surface area contributed by atoms with Crippen LogP contribution in [-0.2, 0) is 6.42 Å². The maximum absolute atomic E-state index is 5.79. The van der Waals surface area contributed by atoms with E-state index in [0.29, 0.717) is 24.8 Å². The van der Waals surface area contributed by atoms with Gasteiger partial charge in [0.15, 0.2) is 6.33 Å². The van der Waals surface area contributed by atoms with Crippen LogP contribution in [0.15, 0.2) is 10.9 Å². The third-order valence-corrected chi connectivity index (χ3v) is 2.13. The second-order valence-electron chi connectivity index (χ2n) is 3.89. The van der Waals surface area contributed by atoms with Crippen LogP contribution >= 0.6 is 11.6 Å². The van der Waals surface area contributed by atoms with Crippen LogP contribution in [0.3, 0.4) is 0 Å². The topological polar surface area (TPSA) is 98.9 Å². The molecule has 2 rings (SSSR count). The Hall–Kier alpha value is -1.96. The summed E-state index contributed by atoms with van der Waals surface area (Å²) in [4.78, 5) is 15.8. The molecule has 0 aliphatic heterocycles. The number of hydrogen-bond donors (Lipinski definition) is 1. The maximum atomic E-state index is 5.79. The first-order valence-corrected chi connectivity index (χ1v) is 6.09. The largest absolute Gasteiger partial charge is 0.461 e. The van der Waals surface area contributed by atoms with E-state index in [-0.39, 0.29) is 17.4 Å². The highest BCUT2D eigenvalue weighted by atomic mass is 35.5. The van der Waals surface area contributed by atoms with Crippen LogP contribution in [0.25, 0.3) is 0 Å². The number of nitrogens with one attached hydrogen (secondary N) is 1. The van der Waals surface area contributed by atoms with Gasteiger partial charge >= 0.3 is 6.01 Å². The molecule has 0 amide bonds. The SMILES string of the molecule is CC(C)Oc1nc(Cl)nc(NCCc2ncno2)n1. The van der Waals surface area contributed by atoms with Gasteiger partial charge in [-0.05, 0) is 25.4 Å². The molecule has 0 aliphatic rings. The number of ether oxygens (including phenoxy) is 1. The molecule has 0 saturated carbocycles. The summed E-state index contributed by atoms with van der Waals surface area (Å²) >= 11 is 5.79. The fourth-order valence-electron chi connectivity index (χ4n) is 1.26. The molecule has 0 saturated heterocycles. The lowest BCUT2D eigenvalue weighted by molar-refractivity contribution is 0.222. The highest BCUT2D eigenvalue weighted by Crippen LogP contribution is 2.12. The van der Waals surface area contributed by atoms with E-state index in [1.807, 2.05) is 13.8 Å². The van der Waals surface area contributed by atoms with Gasteiger partial charge in [0, 0.05) is 13.0 Å². The first-order valence-electron chi connectivity index (χ1n) is 5.71. The molecule has 102 valence electrons. The van der Waals surface area contributed by atoms with Crippen molar-refractivity contribution in [2.45, 2.75) is 26.4 Å². The van der Waals surface area contributed by atoms with Crippen molar-refractivity contribution >= 4 is 17.5 Å². The van der Waals surface area contributed by atoms with Crippen molar-refractivity contribution in [1.29, 1.82) is 0 Å². The van der Waals surface area contributed by atoms with Crippen LogP contribution in [0, 0.1) is 0 Å². The molecule has 19 heavy (non-hydrogen) atoms. The van der Waals surface area contributed by atoms with Gasteiger partial charge in [-0.1, -0.05) is 5.16 Å². The molecular formula is C10H13ClN6O2. The number of aromatic nitrogens is 5. The first-order chi connectivity index (χ1) is 9.13. The van der Waals surface area contributed by atoms with Crippen LogP contribution in [0.4, 0.5) is 5.95 Å². The molecule has 0 aliphatic carbocycles. The quantitative estimate of drug-likeness (QED) is 0.848. The monoisotopic (exact) mass is 284 g/mol. The van der Waals surface area contributed by atoms with E-state index < -0.39 is 0 Å². The Balaban J connectivity index is 1.93. The Morgan fingerprint density at radius 3 is 2.89 bits per heavy atom. The molecule has 8 nitrogen and oxygen atoms in total. The molecule has 2 aromatic heterocycles. The molecule has 0 radical (unpaired) electrons. The third kappa shape index (κ3) is 4.32. The lowest BCUT2D eigenvalue weighted by Crippen LogP contribution is -2.13. The van der Waals surface area contributed by atoms with Gasteiger partial charge in [0.25, 0.3) is 0 Å². The third-order valence-electron chi connectivity index (χ3n) is 1.96. The Labute approximate surface area is 114 Å². The summed E-state index contributed by atoms with van der Waals surface area (Å²) in [6.07, 6.45) is 1.87. The van der Waals surface area contributed by atoms with Crippen LogP contribution in [0.5, 0.6) is 6.01 Å². The average molecular weight is 285 g/mol. The number of rotatable bonds is 6. The van der Waals surface area contributed by atoms with E-state index >= 15 is 0 Å². The summed E-state index contributed by atoms with van der Waals surface area (Å²) in [5.41, 5.74) is 0. The van der Waals surface area contributed by atoms with Crippen LogP contribution in [0.2, 0.25) is 5.28 Å². The molecule has 0 fully saturated rings. The predicted octanol–water partition coefficient (Wildman–Crippen LogP) is 1.35. The fraction of sp³-hybridized carbons (Fsp3) is 0.500. The summed E-state index contributed by atoms with van der Waals surface area (Å²) in [5, 5.41) is 6.57. The van der Waals surface area contributed by atoms with Crippen molar-refractivity contribution < 1.29 is 9.26 Å². The minimum absolute atomic E-state index is 0.0373. The molecule has 2 heterocycles. The maximum Gasteiger partial charge on any atom is 0.322 e. The van der Waals surface area contributed by atoms with Crippen LogP contribution in [-0.4, -0.2) is 37.7 Å². The summed E-state index contributed by atoms with van der Waals surface area (Å²) in [7, 11) is 0. The lowest BCUT2D eigenvalue weighted by atomic mass is 10.4. The van der Waals surface area contributed by atoms with Crippen molar-refractivity contribution in [2.24, 2.45) is 0 Å². The standard InChI is InChI=1S/C10H13ClN6O2/c1-6(2)18-10-16-8(11)15-9(17-10)12-4-3-7-13-5-14-19-7/h5-6H,3-4H2,1-2H3,(H,12,15,16,17). The lowest BCUT2D eigenvalue weighted by Gasteiger charge is -2.09. The van der Waals surface area contributed by atoms with Gasteiger partial charge in [-0.2, -0.15) is 19.9 Å². The Morgan fingerprint density at radius 1 is 1.37 bits per heavy atom. The zero-order valence-electron chi connectivity index (χ0n) is 10.5. The van der Waals surface area contributed by atoms with Gasteiger partial charge in [0.2, 0.25) is 17.1 Å². The normalized spacial score (nSPS) is 10.7. The van der Waals surface area contributed by atoms with Crippen molar-refractivity contribution in [1.82, 2.24) is 25.1 Å². The molecule has 0 aromatic carbocycles. The number of anilines is 1. The highest BCUT2D eigenvalue weighted by molar-refractivity contribution is 6.28. The second-order valence-corrected chi connectivity index (χ2v) is 4.23. The van der Waals surface area contributed by atoms with E-state index in [2.05, 4.69) is 30.4 Å². The summed E-state index contributed by atoms with van der Waals surface area (Å²) in [5.74, 6) is 0.876. The van der Waals surface area contributed by atoms with Gasteiger partial charge in [0.05, 0.1) is 6.10 Å². The van der Waals surface area contributed by atoms with E-state index in [1.165, 1.54) is 6.33 Å². The smallest absolute Gasteiger partial charge is 0.322 e. The predicted molar refractivity (Wildman–Crippen MR) is 67.1 cm³/mol. The minimum atomic E-state index is -0.0373. The summed E-state index contributed by atoms with van der Waals surface area (Å²) in [6, 6.07) is 0.190. The zero-order valence-corrected chi connectivity index (χ0v) is 11.3. The van der Waals surface area contributed by atoms with Gasteiger partial charge < -0.3 is 14.6 Å². The Bertz CT molecular complexity index is 519. The number of halogens is 1. The van der Waals surface area contributed by atoms with Crippen LogP contribution in [0.1, 0.15) is 19.7 Å². The summed E-state index contributed by atoms with van der Waals surface area (Å²) < 4.78 is 10.2. The number of nitrogens with zero attached hydrogens (tertiary/aromatic N) is 5. The van der Waals surface area contributed by atoms with E-state index in [4.69, 9.17) is 20.9 Å². The van der Waals surface area contributed by atoms with Gasteiger partial charge in [-0.3, -0.25) is 0 Å². The molecule has 0 spiro atoms. The van der Waals surface area contributed by atoms with Crippen molar-refractivity contribution in [3.63, 3.8) is 0 Å². The van der Waals surface area contributed by atoms with Crippen molar-refractivity contribution in [3.8, 4) is 6.01 Å². The second kappa shape index (κ2) is 6.28. The fourth-order valence-corrected chi connectivity index (χ4v) is 1.41. The molecule has 1 N–H and O–H groups in total. The molecule has 0 bridgehead atoms. The van der Waals surface area contributed by atoms with Crippen molar-refractivity contribution in [2.75, 3.05) is 11.9 Å². The molecular weight excluding hydrogens is 272 g/mol. The van der Waals surface area contributed by atoms with E-state index in [0.717, 1.165) is 0 Å². The minimum Gasteiger partial charge on any atom is -0.461 e. The molecule has 0 unspecified atom stereocenters. The van der Waals surface area contributed by atoms with E-state index in [1.54, 1.807) is 0 Å². The van der Waals surface area contributed by atoms with E-state index in [9.17, 15) is 0 Å². The Kier molecular flexibility index (Phi) is 4.45. The number of hydrogen-bond acceptors (Lipinski definition) is 8. The van der Waals surface area contributed by atoms with Crippen molar-refractivity contribution in [3.05, 3.63) is 17.5 Å². The summed E-state index contributed by atoms with van der Waals surface area (Å²) in [6.45, 7) is 4.28. The van der Waals surface area contributed by atoms with Gasteiger partial charge in [0.1, 0.15) is 0 Å². The average Bonchev–Trinajstić information content (AvgIpc) is 2.80. The highest BCUT2D eigenvalue weighted by Gasteiger charge is 2.08. The van der Waals surface area contributed by atoms with Gasteiger partial charge in [-0.15, -0.1) is 0 Å². The zero-order chi connectivity index (χ0) is 13.7. The van der Waals surface area contributed by atoms with Gasteiger partial charge in [-0.25, -0.2) is 0 Å². The van der Waals surface area contributed by atoms with Crippen LogP contribution < -0.4 is 10.1 Å². The Morgan fingerprint density at radius 2 is 2.21 bits per heavy atom. The molecule has 2 aromatic rings. The molecule has 9 heteroatoms.